The van der Waals surface area contributed by atoms with Gasteiger partial charge in [-0.15, -0.1) is 0 Å². The van der Waals surface area contributed by atoms with Crippen LogP contribution in [0.2, 0.25) is 5.15 Å². The first kappa shape index (κ1) is 18.0. The number of rotatable bonds is 5. The fourth-order valence-electron chi connectivity index (χ4n) is 2.11. The third kappa shape index (κ3) is 3.41. The summed E-state index contributed by atoms with van der Waals surface area (Å²) < 4.78 is 25.8. The number of aryl methyl sites for hydroxylation is 1. The van der Waals surface area contributed by atoms with Crippen LogP contribution in [0.25, 0.3) is 0 Å². The molecule has 0 saturated carbocycles. The molecule has 0 aliphatic rings. The summed E-state index contributed by atoms with van der Waals surface area (Å²) in [7, 11) is -2.64. The highest BCUT2D eigenvalue weighted by Gasteiger charge is 2.36. The van der Waals surface area contributed by atoms with Gasteiger partial charge in [-0.1, -0.05) is 29.8 Å². The van der Waals surface area contributed by atoms with E-state index < -0.39 is 30.9 Å². The Bertz CT molecular complexity index is 900. The Labute approximate surface area is 143 Å². The average Bonchev–Trinajstić information content (AvgIpc) is 2.52. The van der Waals surface area contributed by atoms with Crippen LogP contribution in [0.4, 0.5) is 5.69 Å². The third-order valence-corrected chi connectivity index (χ3v) is 5.33. The number of nitrogens with zero attached hydrogens (tertiary/aromatic N) is 4. The molecule has 0 aliphatic heterocycles. The van der Waals surface area contributed by atoms with Crippen LogP contribution in [0.1, 0.15) is 16.8 Å². The Morgan fingerprint density at radius 2 is 1.92 bits per heavy atom. The van der Waals surface area contributed by atoms with Crippen molar-refractivity contribution >= 4 is 33.3 Å². The highest BCUT2D eigenvalue weighted by Crippen LogP contribution is 2.35. The first-order valence-corrected chi connectivity index (χ1v) is 8.61. The molecule has 0 spiro atoms. The zero-order valence-corrected chi connectivity index (χ0v) is 14.3. The molecule has 1 heterocycles. The van der Waals surface area contributed by atoms with Gasteiger partial charge in [0, 0.05) is 13.3 Å². The summed E-state index contributed by atoms with van der Waals surface area (Å²) in [5.41, 5.74) is -0.960. The van der Waals surface area contributed by atoms with E-state index in [9.17, 15) is 18.5 Å². The van der Waals surface area contributed by atoms with Crippen LogP contribution in [-0.2, 0) is 9.84 Å². The molecule has 0 saturated heterocycles. The van der Waals surface area contributed by atoms with Gasteiger partial charge >= 0.3 is 5.69 Å². The fraction of sp³-hybridized carbons (Fsp3) is 0.214. The zero-order chi connectivity index (χ0) is 17.9. The van der Waals surface area contributed by atoms with Gasteiger partial charge in [0.05, 0.1) is 9.82 Å². The largest absolute Gasteiger partial charge is 0.329 e. The lowest BCUT2D eigenvalue weighted by atomic mass is 10.2. The Hall–Kier alpha value is -2.39. The van der Waals surface area contributed by atoms with Gasteiger partial charge in [-0.05, 0) is 19.1 Å². The van der Waals surface area contributed by atoms with E-state index in [0.29, 0.717) is 0 Å². The van der Waals surface area contributed by atoms with E-state index in [1.165, 1.54) is 26.1 Å². The van der Waals surface area contributed by atoms with Crippen molar-refractivity contribution in [2.75, 3.05) is 7.05 Å². The second kappa shape index (κ2) is 7.02. The number of hydrogen-bond acceptors (Lipinski definition) is 7. The van der Waals surface area contributed by atoms with Gasteiger partial charge in [-0.3, -0.25) is 15.1 Å². The summed E-state index contributed by atoms with van der Waals surface area (Å²) in [6.07, 6.45) is 1.09. The molecule has 1 aromatic carbocycles. The molecule has 24 heavy (non-hydrogen) atoms. The molecule has 0 N–H and O–H groups in total. The van der Waals surface area contributed by atoms with Gasteiger partial charge in [-0.2, -0.15) is 0 Å². The first-order valence-electron chi connectivity index (χ1n) is 6.68. The Morgan fingerprint density at radius 1 is 1.29 bits per heavy atom. The van der Waals surface area contributed by atoms with Crippen LogP contribution in [0.5, 0.6) is 0 Å². The topological polar surface area (TPSA) is 115 Å². The van der Waals surface area contributed by atoms with Crippen molar-refractivity contribution in [2.45, 2.75) is 17.1 Å². The SMILES string of the molecule is C/N=C\C(c1nc(C)nc(Cl)c1[N+](=O)[O-])S(=O)(=O)c1ccccc1. The smallest absolute Gasteiger partial charge is 0.299 e. The Kier molecular flexibility index (Phi) is 5.25. The molecular formula is C14H13ClN4O4S. The second-order valence-corrected chi connectivity index (χ2v) is 7.17. The summed E-state index contributed by atoms with van der Waals surface area (Å²) in [6.45, 7) is 1.47. The van der Waals surface area contributed by atoms with Crippen molar-refractivity contribution < 1.29 is 13.3 Å². The minimum Gasteiger partial charge on any atom is -0.299 e. The van der Waals surface area contributed by atoms with Crippen molar-refractivity contribution in [2.24, 2.45) is 4.99 Å². The first-order chi connectivity index (χ1) is 11.3. The Morgan fingerprint density at radius 3 is 2.46 bits per heavy atom. The monoisotopic (exact) mass is 368 g/mol. The number of nitro groups is 1. The maximum absolute atomic E-state index is 12.9. The van der Waals surface area contributed by atoms with Crippen molar-refractivity contribution in [3.8, 4) is 0 Å². The molecule has 2 aromatic rings. The van der Waals surface area contributed by atoms with E-state index in [2.05, 4.69) is 15.0 Å². The molecule has 0 radical (unpaired) electrons. The van der Waals surface area contributed by atoms with Crippen molar-refractivity contribution in [3.05, 3.63) is 57.1 Å². The van der Waals surface area contributed by atoms with Gasteiger partial charge in [0.2, 0.25) is 5.15 Å². The van der Waals surface area contributed by atoms with E-state index in [1.807, 2.05) is 0 Å². The normalized spacial score (nSPS) is 13.1. The van der Waals surface area contributed by atoms with Crippen LogP contribution in [0, 0.1) is 17.0 Å². The van der Waals surface area contributed by atoms with Crippen molar-refractivity contribution in [3.63, 3.8) is 0 Å². The zero-order valence-electron chi connectivity index (χ0n) is 12.7. The molecule has 1 aromatic heterocycles. The average molecular weight is 369 g/mol. The maximum Gasteiger partial charge on any atom is 0.329 e. The molecule has 1 atom stereocenters. The summed E-state index contributed by atoms with van der Waals surface area (Å²) >= 11 is 5.84. The molecular weight excluding hydrogens is 356 g/mol. The van der Waals surface area contributed by atoms with E-state index in [0.717, 1.165) is 6.21 Å². The third-order valence-electron chi connectivity index (χ3n) is 3.12. The summed E-state index contributed by atoms with van der Waals surface area (Å²) in [5, 5.41) is 9.46. The number of sulfone groups is 1. The lowest BCUT2D eigenvalue weighted by molar-refractivity contribution is -0.386. The van der Waals surface area contributed by atoms with Gasteiger partial charge < -0.3 is 0 Å². The fourth-order valence-corrected chi connectivity index (χ4v) is 3.97. The van der Waals surface area contributed by atoms with Gasteiger partial charge in [0.25, 0.3) is 0 Å². The molecule has 2 rings (SSSR count). The highest BCUT2D eigenvalue weighted by molar-refractivity contribution is 7.92. The minimum absolute atomic E-state index is 0.00316. The molecule has 0 fully saturated rings. The van der Waals surface area contributed by atoms with Crippen LogP contribution in [0.3, 0.4) is 0 Å². The summed E-state index contributed by atoms with van der Waals surface area (Å²) in [5.74, 6) is 0.123. The molecule has 10 heteroatoms. The lowest BCUT2D eigenvalue weighted by Crippen LogP contribution is -2.19. The summed E-state index contributed by atoms with van der Waals surface area (Å²) in [6, 6.07) is 7.57. The van der Waals surface area contributed by atoms with Crippen LogP contribution >= 0.6 is 11.6 Å². The molecule has 8 nitrogen and oxygen atoms in total. The van der Waals surface area contributed by atoms with Crippen molar-refractivity contribution in [1.29, 1.82) is 0 Å². The molecule has 0 aliphatic carbocycles. The van der Waals surface area contributed by atoms with E-state index in [1.54, 1.807) is 18.2 Å². The number of halogens is 1. The van der Waals surface area contributed by atoms with Crippen molar-refractivity contribution in [1.82, 2.24) is 9.97 Å². The summed E-state index contributed by atoms with van der Waals surface area (Å²) in [4.78, 5) is 21.9. The Balaban J connectivity index is 2.77. The number of hydrogen-bond donors (Lipinski definition) is 0. The maximum atomic E-state index is 12.9. The minimum atomic E-state index is -4.01. The highest BCUT2D eigenvalue weighted by atomic mass is 35.5. The molecule has 126 valence electrons. The number of aromatic nitrogens is 2. The van der Waals surface area contributed by atoms with Crippen LogP contribution < -0.4 is 0 Å². The molecule has 1 unspecified atom stereocenters. The quantitative estimate of drug-likeness (QED) is 0.346. The van der Waals surface area contributed by atoms with Crippen LogP contribution in [-0.4, -0.2) is 36.6 Å². The van der Waals surface area contributed by atoms with E-state index >= 15 is 0 Å². The van der Waals surface area contributed by atoms with E-state index in [4.69, 9.17) is 11.6 Å². The predicted molar refractivity (Wildman–Crippen MR) is 89.2 cm³/mol. The number of aliphatic imine (C=N–C) groups is 1. The van der Waals surface area contributed by atoms with Gasteiger partial charge in [0.15, 0.2) is 9.84 Å². The standard InChI is InChI=1S/C14H13ClN4O4S/c1-9-17-12(13(19(20)21)14(15)18-9)11(8-16-2)24(22,23)10-6-4-3-5-7-10/h3-8,11H,1-2H3/b16-8-. The van der Waals surface area contributed by atoms with Gasteiger partial charge in [-0.25, -0.2) is 18.4 Å². The molecule has 0 amide bonds. The van der Waals surface area contributed by atoms with Crippen LogP contribution in [0.15, 0.2) is 40.2 Å². The predicted octanol–water partition coefficient (Wildman–Crippen LogP) is 2.56. The molecule has 0 bridgehead atoms. The number of benzene rings is 1. The second-order valence-electron chi connectivity index (χ2n) is 4.74. The lowest BCUT2D eigenvalue weighted by Gasteiger charge is -2.14. The van der Waals surface area contributed by atoms with Gasteiger partial charge in [0.1, 0.15) is 16.8 Å². The van der Waals surface area contributed by atoms with E-state index in [-0.39, 0.29) is 16.4 Å².